The number of hydrogen-bond donors (Lipinski definition) is 0. The van der Waals surface area contributed by atoms with Crippen molar-refractivity contribution in [1.29, 1.82) is 0 Å². The van der Waals surface area contributed by atoms with Crippen LogP contribution in [0.5, 0.6) is 0 Å². The van der Waals surface area contributed by atoms with Crippen molar-refractivity contribution in [3.63, 3.8) is 0 Å². The Kier molecular flexibility index (Phi) is 7.26. The summed E-state index contributed by atoms with van der Waals surface area (Å²) in [7, 11) is -1.48. The van der Waals surface area contributed by atoms with E-state index in [1.165, 1.54) is 73.0 Å². The van der Waals surface area contributed by atoms with Crippen LogP contribution in [0.1, 0.15) is 29.5 Å². The Bertz CT molecular complexity index is 902. The monoisotopic (exact) mass is 450 g/mol. The number of hydrogen-bond acceptors (Lipinski definition) is 0. The average molecular weight is 451 g/mol. The second-order valence-electron chi connectivity index (χ2n) is 10.7. The fourth-order valence-electron chi connectivity index (χ4n) is 6.53. The number of aryl methyl sites for hydroxylation is 3. The summed E-state index contributed by atoms with van der Waals surface area (Å²) >= 11 is 0. The summed E-state index contributed by atoms with van der Waals surface area (Å²) in [5.74, 6) is 2.69. The van der Waals surface area contributed by atoms with E-state index in [0.717, 1.165) is 17.8 Å². The van der Waals surface area contributed by atoms with Gasteiger partial charge in [0.2, 0.25) is 0 Å². The third kappa shape index (κ3) is 5.95. The molecule has 5 rings (SSSR count). The highest BCUT2D eigenvalue weighted by Gasteiger charge is 2.42. The van der Waals surface area contributed by atoms with Crippen LogP contribution < -0.4 is 0 Å². The number of fused-ring (bicyclic) bond motifs is 2. The number of allylic oxidation sites excluding steroid dienone is 2. The van der Waals surface area contributed by atoms with E-state index in [9.17, 15) is 0 Å². The molecule has 170 valence electrons. The lowest BCUT2D eigenvalue weighted by molar-refractivity contribution is 0.483. The molecule has 0 amide bonds. The Morgan fingerprint density at radius 2 is 1.00 bits per heavy atom. The topological polar surface area (TPSA) is 0 Å². The van der Waals surface area contributed by atoms with Crippen molar-refractivity contribution in [2.45, 2.75) is 56.3 Å². The molecule has 3 atom stereocenters. The molecule has 2 aliphatic rings. The molecule has 33 heavy (non-hydrogen) atoms. The van der Waals surface area contributed by atoms with Gasteiger partial charge in [0.25, 0.3) is 0 Å². The predicted octanol–water partition coefficient (Wildman–Crippen LogP) is 8.38. The summed E-state index contributed by atoms with van der Waals surface area (Å²) in [6, 6.07) is 39.6. The predicted molar refractivity (Wildman–Crippen MR) is 144 cm³/mol. The molecule has 3 aromatic carbocycles. The van der Waals surface area contributed by atoms with E-state index in [0.29, 0.717) is 0 Å². The zero-order valence-corrected chi connectivity index (χ0v) is 20.9. The van der Waals surface area contributed by atoms with E-state index in [1.54, 1.807) is 0 Å². The van der Waals surface area contributed by atoms with Crippen LogP contribution in [0.2, 0.25) is 24.2 Å². The molecule has 2 bridgehead atoms. The van der Waals surface area contributed by atoms with Gasteiger partial charge in [-0.2, -0.15) is 0 Å². The molecule has 1 heteroatoms. The Morgan fingerprint density at radius 3 is 1.36 bits per heavy atom. The van der Waals surface area contributed by atoms with Gasteiger partial charge in [-0.15, -0.1) is 0 Å². The molecular weight excluding hydrogens is 412 g/mol. The quantitative estimate of drug-likeness (QED) is 0.203. The number of benzene rings is 3. The summed E-state index contributed by atoms with van der Waals surface area (Å²) in [5.41, 5.74) is 4.59. The van der Waals surface area contributed by atoms with Gasteiger partial charge in [-0.3, -0.25) is 0 Å². The second-order valence-corrected chi connectivity index (χ2v) is 15.6. The van der Waals surface area contributed by atoms with E-state index in [-0.39, 0.29) is 0 Å². The fourth-order valence-corrected chi connectivity index (χ4v) is 11.9. The molecule has 3 unspecified atom stereocenters. The standard InChI is InChI=1S/C32H38Si/c1-4-10-27(11-5-1)18-21-33(22-19-28-12-6-2-7-13-28,23-20-29-14-8-3-9-15-29)26-32-25-30-16-17-31(32)24-30/h1-17,30-32H,18-26H2. The van der Waals surface area contributed by atoms with Gasteiger partial charge in [-0.25, -0.2) is 0 Å². The molecule has 0 aliphatic heterocycles. The van der Waals surface area contributed by atoms with Crippen LogP contribution in [0.4, 0.5) is 0 Å². The molecular formula is C32H38Si. The summed E-state index contributed by atoms with van der Waals surface area (Å²) in [6.07, 6.45) is 11.8. The Labute approximate surface area is 201 Å². The summed E-state index contributed by atoms with van der Waals surface area (Å²) < 4.78 is 0. The fraction of sp³-hybridized carbons (Fsp3) is 0.375. The average Bonchev–Trinajstić information content (AvgIpc) is 3.50. The third-order valence-corrected chi connectivity index (χ3v) is 13.8. The maximum absolute atomic E-state index is 2.57. The van der Waals surface area contributed by atoms with Gasteiger partial charge in [0.15, 0.2) is 0 Å². The molecule has 0 spiro atoms. The van der Waals surface area contributed by atoms with Crippen molar-refractivity contribution in [3.05, 3.63) is 120 Å². The van der Waals surface area contributed by atoms with Crippen molar-refractivity contribution >= 4 is 8.07 Å². The van der Waals surface area contributed by atoms with E-state index < -0.39 is 8.07 Å². The highest BCUT2D eigenvalue weighted by atomic mass is 28.3. The molecule has 3 aromatic rings. The first kappa shape index (κ1) is 22.4. The molecule has 1 saturated carbocycles. The highest BCUT2D eigenvalue weighted by Crippen LogP contribution is 2.49. The van der Waals surface area contributed by atoms with Gasteiger partial charge in [-0.05, 0) is 66.5 Å². The maximum atomic E-state index is 2.57. The second kappa shape index (κ2) is 10.7. The normalized spacial score (nSPS) is 21.5. The van der Waals surface area contributed by atoms with Gasteiger partial charge < -0.3 is 0 Å². The van der Waals surface area contributed by atoms with Crippen molar-refractivity contribution in [3.8, 4) is 0 Å². The van der Waals surface area contributed by atoms with Crippen LogP contribution in [0.25, 0.3) is 0 Å². The number of rotatable bonds is 11. The third-order valence-electron chi connectivity index (χ3n) is 8.47. The minimum absolute atomic E-state index is 0.868. The van der Waals surface area contributed by atoms with Crippen LogP contribution in [0, 0.1) is 17.8 Å². The van der Waals surface area contributed by atoms with Crippen LogP contribution in [0.15, 0.2) is 103 Å². The van der Waals surface area contributed by atoms with Crippen molar-refractivity contribution < 1.29 is 0 Å². The van der Waals surface area contributed by atoms with Crippen LogP contribution in [-0.2, 0) is 19.3 Å². The van der Waals surface area contributed by atoms with Gasteiger partial charge >= 0.3 is 0 Å². The van der Waals surface area contributed by atoms with Crippen molar-refractivity contribution in [2.24, 2.45) is 17.8 Å². The van der Waals surface area contributed by atoms with E-state index in [4.69, 9.17) is 0 Å². The lowest BCUT2D eigenvalue weighted by atomic mass is 9.96. The first-order chi connectivity index (χ1) is 16.3. The van der Waals surface area contributed by atoms with E-state index in [1.807, 2.05) is 0 Å². The van der Waals surface area contributed by atoms with Crippen LogP contribution >= 0.6 is 0 Å². The molecule has 2 aliphatic carbocycles. The molecule has 0 saturated heterocycles. The largest absolute Gasteiger partial charge is 0.0851 e. The first-order valence-electron chi connectivity index (χ1n) is 13.1. The Hall–Kier alpha value is -2.38. The van der Waals surface area contributed by atoms with E-state index in [2.05, 4.69) is 103 Å². The minimum Gasteiger partial charge on any atom is -0.0851 e. The zero-order valence-electron chi connectivity index (χ0n) is 19.9. The highest BCUT2D eigenvalue weighted by molar-refractivity contribution is 6.80. The van der Waals surface area contributed by atoms with E-state index >= 15 is 0 Å². The SMILES string of the molecule is C1=CC2CC1CC2C[Si](CCc1ccccc1)(CCc1ccccc1)CCc1ccccc1. The smallest absolute Gasteiger partial charge is 0.0548 e. The summed E-state index contributed by atoms with van der Waals surface area (Å²) in [6.45, 7) is 0. The maximum Gasteiger partial charge on any atom is 0.0548 e. The summed E-state index contributed by atoms with van der Waals surface area (Å²) in [5, 5.41) is 0. The minimum atomic E-state index is -1.48. The molecule has 0 radical (unpaired) electrons. The van der Waals surface area contributed by atoms with Crippen LogP contribution in [0.3, 0.4) is 0 Å². The lowest BCUT2D eigenvalue weighted by Gasteiger charge is -2.37. The molecule has 0 heterocycles. The van der Waals surface area contributed by atoms with Crippen LogP contribution in [-0.4, -0.2) is 8.07 Å². The Morgan fingerprint density at radius 1 is 0.545 bits per heavy atom. The molecule has 0 nitrogen and oxygen atoms in total. The van der Waals surface area contributed by atoms with Crippen molar-refractivity contribution in [2.75, 3.05) is 0 Å². The van der Waals surface area contributed by atoms with Gasteiger partial charge in [-0.1, -0.05) is 127 Å². The molecule has 0 aromatic heterocycles. The molecule has 1 fully saturated rings. The first-order valence-corrected chi connectivity index (χ1v) is 15.9. The van der Waals surface area contributed by atoms with Gasteiger partial charge in [0.05, 0.1) is 8.07 Å². The van der Waals surface area contributed by atoms with Crippen molar-refractivity contribution in [1.82, 2.24) is 0 Å². The van der Waals surface area contributed by atoms with Gasteiger partial charge in [0, 0.05) is 0 Å². The molecule has 0 N–H and O–H groups in total. The zero-order chi connectivity index (χ0) is 22.3. The van der Waals surface area contributed by atoms with Gasteiger partial charge in [0.1, 0.15) is 0 Å². The summed E-state index contributed by atoms with van der Waals surface area (Å²) in [4.78, 5) is 0. The Balaban J connectivity index is 1.39. The lowest BCUT2D eigenvalue weighted by Crippen LogP contribution is -2.39.